The van der Waals surface area contributed by atoms with Crippen LogP contribution in [0.3, 0.4) is 0 Å². The van der Waals surface area contributed by atoms with Crippen molar-refractivity contribution in [2.24, 2.45) is 4.36 Å². The molecular formula is C11H16N2OS. The molecule has 0 saturated carbocycles. The second-order valence-electron chi connectivity index (χ2n) is 3.91. The third-order valence-corrected chi connectivity index (χ3v) is 5.91. The largest absolute Gasteiger partial charge is 0.264 e. The standard InChI is InChI=1S/C11H16N2OS/c1-12-15(14)7-3-5-11(15)8-10-4-2-6-13-9-10/h2,4,6,9,11H,3,5,7-8H2,1H3. The van der Waals surface area contributed by atoms with Gasteiger partial charge in [-0.05, 0) is 30.9 Å². The Balaban J connectivity index is 2.17. The van der Waals surface area contributed by atoms with Gasteiger partial charge in [0.1, 0.15) is 0 Å². The molecule has 2 heterocycles. The Morgan fingerprint density at radius 1 is 1.67 bits per heavy atom. The first-order chi connectivity index (χ1) is 7.24. The monoisotopic (exact) mass is 224 g/mol. The molecule has 2 atom stereocenters. The van der Waals surface area contributed by atoms with Gasteiger partial charge in [0.25, 0.3) is 0 Å². The lowest BCUT2D eigenvalue weighted by Gasteiger charge is -2.12. The SMILES string of the molecule is CN=S1(=O)CCCC1Cc1cccnc1. The van der Waals surface area contributed by atoms with E-state index >= 15 is 0 Å². The number of hydrogen-bond donors (Lipinski definition) is 0. The molecule has 0 bridgehead atoms. The van der Waals surface area contributed by atoms with Gasteiger partial charge in [-0.25, -0.2) is 8.57 Å². The lowest BCUT2D eigenvalue weighted by Crippen LogP contribution is -2.18. The van der Waals surface area contributed by atoms with Gasteiger partial charge in [-0.1, -0.05) is 6.07 Å². The van der Waals surface area contributed by atoms with E-state index in [1.54, 1.807) is 13.2 Å². The van der Waals surface area contributed by atoms with E-state index in [1.807, 2.05) is 18.3 Å². The Morgan fingerprint density at radius 3 is 3.20 bits per heavy atom. The molecule has 0 spiro atoms. The van der Waals surface area contributed by atoms with Crippen molar-refractivity contribution in [1.29, 1.82) is 0 Å². The molecule has 0 radical (unpaired) electrons. The van der Waals surface area contributed by atoms with Crippen LogP contribution in [0, 0.1) is 0 Å². The molecule has 2 rings (SSSR count). The van der Waals surface area contributed by atoms with Crippen molar-refractivity contribution in [3.05, 3.63) is 30.1 Å². The van der Waals surface area contributed by atoms with E-state index in [0.717, 1.165) is 25.0 Å². The van der Waals surface area contributed by atoms with Crippen molar-refractivity contribution in [3.63, 3.8) is 0 Å². The minimum absolute atomic E-state index is 0.228. The van der Waals surface area contributed by atoms with E-state index < -0.39 is 9.73 Å². The minimum Gasteiger partial charge on any atom is -0.264 e. The van der Waals surface area contributed by atoms with Gasteiger partial charge in [0, 0.05) is 40.2 Å². The predicted octanol–water partition coefficient (Wildman–Crippen LogP) is 1.88. The fourth-order valence-electron chi connectivity index (χ4n) is 2.12. The third-order valence-electron chi connectivity index (χ3n) is 2.98. The summed E-state index contributed by atoms with van der Waals surface area (Å²) in [5, 5.41) is 0.228. The van der Waals surface area contributed by atoms with Crippen molar-refractivity contribution >= 4 is 9.73 Å². The second kappa shape index (κ2) is 4.31. The molecule has 1 fully saturated rings. The Labute approximate surface area is 91.1 Å². The molecule has 4 heteroatoms. The Kier molecular flexibility index (Phi) is 3.05. The van der Waals surface area contributed by atoms with Crippen molar-refractivity contribution in [2.45, 2.75) is 24.5 Å². The predicted molar refractivity (Wildman–Crippen MR) is 62.3 cm³/mol. The fraction of sp³-hybridized carbons (Fsp3) is 0.545. The maximum Gasteiger partial charge on any atom is 0.0497 e. The van der Waals surface area contributed by atoms with Crippen LogP contribution in [0.5, 0.6) is 0 Å². The Morgan fingerprint density at radius 2 is 2.53 bits per heavy atom. The average Bonchev–Trinajstić information content (AvgIpc) is 2.63. The lowest BCUT2D eigenvalue weighted by molar-refractivity contribution is 0.666. The number of hydrogen-bond acceptors (Lipinski definition) is 3. The molecule has 0 aliphatic carbocycles. The van der Waals surface area contributed by atoms with E-state index in [9.17, 15) is 4.21 Å². The summed E-state index contributed by atoms with van der Waals surface area (Å²) in [7, 11) is -0.249. The van der Waals surface area contributed by atoms with Gasteiger partial charge in [-0.3, -0.25) is 4.98 Å². The molecule has 1 aliphatic heterocycles. The zero-order valence-corrected chi connectivity index (χ0v) is 9.74. The summed E-state index contributed by atoms with van der Waals surface area (Å²) in [6.07, 6.45) is 6.55. The normalized spacial score (nSPS) is 30.3. The van der Waals surface area contributed by atoms with Crippen LogP contribution >= 0.6 is 0 Å². The van der Waals surface area contributed by atoms with Crippen LogP contribution in [0.4, 0.5) is 0 Å². The van der Waals surface area contributed by atoms with Gasteiger partial charge >= 0.3 is 0 Å². The number of rotatable bonds is 2. The molecule has 0 N–H and O–H groups in total. The number of pyridine rings is 1. The van der Waals surface area contributed by atoms with Crippen LogP contribution in [0.1, 0.15) is 18.4 Å². The van der Waals surface area contributed by atoms with Crippen LogP contribution in [-0.4, -0.2) is 27.2 Å². The van der Waals surface area contributed by atoms with Crippen LogP contribution in [0.2, 0.25) is 0 Å². The van der Waals surface area contributed by atoms with Gasteiger partial charge in [0.15, 0.2) is 0 Å². The van der Waals surface area contributed by atoms with Crippen LogP contribution < -0.4 is 0 Å². The smallest absolute Gasteiger partial charge is 0.0497 e. The maximum atomic E-state index is 12.3. The minimum atomic E-state index is -1.93. The summed E-state index contributed by atoms with van der Waals surface area (Å²) in [4.78, 5) is 4.08. The topological polar surface area (TPSA) is 42.3 Å². The van der Waals surface area contributed by atoms with Crippen LogP contribution in [0.15, 0.2) is 28.9 Å². The fourth-order valence-corrected chi connectivity index (χ4v) is 4.51. The molecule has 0 aromatic carbocycles. The van der Waals surface area contributed by atoms with E-state index in [-0.39, 0.29) is 5.25 Å². The van der Waals surface area contributed by atoms with Crippen molar-refractivity contribution in [3.8, 4) is 0 Å². The molecular weight excluding hydrogens is 208 g/mol. The summed E-state index contributed by atoms with van der Waals surface area (Å²) in [5.74, 6) is 0.772. The summed E-state index contributed by atoms with van der Waals surface area (Å²) < 4.78 is 16.4. The van der Waals surface area contributed by atoms with Gasteiger partial charge in [0.05, 0.1) is 0 Å². The number of aromatic nitrogens is 1. The summed E-state index contributed by atoms with van der Waals surface area (Å²) in [6, 6.07) is 3.97. The Hall–Kier alpha value is -0.900. The molecule has 1 aromatic rings. The van der Waals surface area contributed by atoms with E-state index in [0.29, 0.717) is 0 Å². The van der Waals surface area contributed by atoms with E-state index in [2.05, 4.69) is 9.35 Å². The molecule has 2 unspecified atom stereocenters. The highest BCUT2D eigenvalue weighted by molar-refractivity contribution is 7.94. The highest BCUT2D eigenvalue weighted by atomic mass is 32.2. The number of nitrogens with zero attached hydrogens (tertiary/aromatic N) is 2. The van der Waals surface area contributed by atoms with E-state index in [1.165, 1.54) is 5.56 Å². The molecule has 3 nitrogen and oxygen atoms in total. The molecule has 0 amide bonds. The molecule has 1 aliphatic rings. The summed E-state index contributed by atoms with van der Waals surface area (Å²) in [5.41, 5.74) is 1.17. The average molecular weight is 224 g/mol. The Bertz CT molecular complexity index is 435. The van der Waals surface area contributed by atoms with Crippen LogP contribution in [-0.2, 0) is 16.1 Å². The summed E-state index contributed by atoms with van der Waals surface area (Å²) >= 11 is 0. The van der Waals surface area contributed by atoms with Gasteiger partial charge in [-0.15, -0.1) is 0 Å². The van der Waals surface area contributed by atoms with Crippen molar-refractivity contribution in [2.75, 3.05) is 12.8 Å². The molecule has 1 aromatic heterocycles. The zero-order chi connectivity index (χ0) is 10.7. The first-order valence-electron chi connectivity index (χ1n) is 5.25. The molecule has 1 saturated heterocycles. The van der Waals surface area contributed by atoms with E-state index in [4.69, 9.17) is 0 Å². The maximum absolute atomic E-state index is 12.3. The summed E-state index contributed by atoms with van der Waals surface area (Å²) in [6.45, 7) is 0. The van der Waals surface area contributed by atoms with Crippen molar-refractivity contribution in [1.82, 2.24) is 4.98 Å². The molecule has 15 heavy (non-hydrogen) atoms. The van der Waals surface area contributed by atoms with Gasteiger partial charge < -0.3 is 0 Å². The zero-order valence-electron chi connectivity index (χ0n) is 8.93. The highest BCUT2D eigenvalue weighted by Crippen LogP contribution is 2.25. The lowest BCUT2D eigenvalue weighted by atomic mass is 10.1. The van der Waals surface area contributed by atoms with Crippen molar-refractivity contribution < 1.29 is 4.21 Å². The quantitative estimate of drug-likeness (QED) is 0.769. The van der Waals surface area contributed by atoms with Gasteiger partial charge in [0.2, 0.25) is 0 Å². The second-order valence-corrected chi connectivity index (χ2v) is 6.73. The molecule has 82 valence electrons. The first kappa shape index (κ1) is 10.6. The first-order valence-corrected chi connectivity index (χ1v) is 7.00. The highest BCUT2D eigenvalue weighted by Gasteiger charge is 2.28. The third kappa shape index (κ3) is 2.20. The van der Waals surface area contributed by atoms with Crippen LogP contribution in [0.25, 0.3) is 0 Å². The van der Waals surface area contributed by atoms with Gasteiger partial charge in [-0.2, -0.15) is 0 Å².